The number of benzene rings is 2. The first-order valence-corrected chi connectivity index (χ1v) is 8.95. The molecule has 6 nitrogen and oxygen atoms in total. The van der Waals surface area contributed by atoms with Crippen molar-refractivity contribution in [2.24, 2.45) is 0 Å². The second kappa shape index (κ2) is 6.34. The smallest absolute Gasteiger partial charge is 0.247 e. The summed E-state index contributed by atoms with van der Waals surface area (Å²) < 4.78 is 2.57. The summed E-state index contributed by atoms with van der Waals surface area (Å²) in [5.74, 6) is -0.236. The molecule has 0 fully saturated rings. The SMILES string of the molecule is Cc1cc(C)c2nc(NC(=O)Cn3ncc(=O)c4ccccc43)sc2c1. The Kier molecular flexibility index (Phi) is 4.00. The molecule has 26 heavy (non-hydrogen) atoms. The van der Waals surface area contributed by atoms with E-state index in [9.17, 15) is 9.59 Å². The fourth-order valence-corrected chi connectivity index (χ4v) is 4.06. The predicted octanol–water partition coefficient (Wildman–Crippen LogP) is 3.26. The lowest BCUT2D eigenvalue weighted by Crippen LogP contribution is -2.22. The molecule has 4 rings (SSSR count). The van der Waals surface area contributed by atoms with Gasteiger partial charge in [-0.3, -0.25) is 14.3 Å². The van der Waals surface area contributed by atoms with E-state index in [0.29, 0.717) is 16.0 Å². The van der Waals surface area contributed by atoms with Crippen molar-refractivity contribution in [2.75, 3.05) is 5.32 Å². The third kappa shape index (κ3) is 2.97. The quantitative estimate of drug-likeness (QED) is 0.605. The van der Waals surface area contributed by atoms with Gasteiger partial charge in [0.25, 0.3) is 0 Å². The van der Waals surface area contributed by atoms with Gasteiger partial charge >= 0.3 is 0 Å². The number of fused-ring (bicyclic) bond motifs is 2. The van der Waals surface area contributed by atoms with Crippen LogP contribution in [-0.4, -0.2) is 20.7 Å². The lowest BCUT2D eigenvalue weighted by atomic mass is 10.1. The lowest BCUT2D eigenvalue weighted by molar-refractivity contribution is -0.116. The van der Waals surface area contributed by atoms with E-state index < -0.39 is 0 Å². The van der Waals surface area contributed by atoms with E-state index in [4.69, 9.17) is 0 Å². The summed E-state index contributed by atoms with van der Waals surface area (Å²) in [4.78, 5) is 28.9. The van der Waals surface area contributed by atoms with Crippen LogP contribution in [0, 0.1) is 13.8 Å². The highest BCUT2D eigenvalue weighted by Crippen LogP contribution is 2.29. The van der Waals surface area contributed by atoms with Gasteiger partial charge in [0.2, 0.25) is 11.3 Å². The number of amides is 1. The van der Waals surface area contributed by atoms with Crippen LogP contribution in [-0.2, 0) is 11.3 Å². The van der Waals surface area contributed by atoms with Gasteiger partial charge in [-0.2, -0.15) is 5.10 Å². The summed E-state index contributed by atoms with van der Waals surface area (Å²) in [6.45, 7) is 4.06. The molecule has 0 bridgehead atoms. The molecule has 2 aromatic heterocycles. The van der Waals surface area contributed by atoms with Crippen molar-refractivity contribution >= 4 is 43.5 Å². The number of hydrogen-bond donors (Lipinski definition) is 1. The summed E-state index contributed by atoms with van der Waals surface area (Å²) in [5, 5.41) is 8.02. The molecular weight excluding hydrogens is 348 g/mol. The van der Waals surface area contributed by atoms with Crippen molar-refractivity contribution in [1.82, 2.24) is 14.8 Å². The van der Waals surface area contributed by atoms with Gasteiger partial charge in [-0.05, 0) is 43.2 Å². The molecule has 0 radical (unpaired) electrons. The molecule has 0 aliphatic heterocycles. The molecule has 2 aromatic carbocycles. The Balaban J connectivity index is 1.61. The fraction of sp³-hybridized carbons (Fsp3) is 0.158. The summed E-state index contributed by atoms with van der Waals surface area (Å²) in [5.41, 5.74) is 3.63. The minimum absolute atomic E-state index is 0.00866. The first-order chi connectivity index (χ1) is 12.5. The van der Waals surface area contributed by atoms with Crippen molar-refractivity contribution in [3.8, 4) is 0 Å². The van der Waals surface area contributed by atoms with Crippen molar-refractivity contribution < 1.29 is 4.79 Å². The molecular formula is C19H16N4O2S. The summed E-state index contributed by atoms with van der Waals surface area (Å²) in [6, 6.07) is 11.2. The molecule has 0 spiro atoms. The highest BCUT2D eigenvalue weighted by Gasteiger charge is 2.12. The lowest BCUT2D eigenvalue weighted by Gasteiger charge is -2.08. The number of anilines is 1. The van der Waals surface area contributed by atoms with E-state index in [0.717, 1.165) is 15.8 Å². The molecule has 1 N–H and O–H groups in total. The second-order valence-electron chi connectivity index (χ2n) is 6.18. The van der Waals surface area contributed by atoms with E-state index in [1.165, 1.54) is 27.8 Å². The summed E-state index contributed by atoms with van der Waals surface area (Å²) in [6.07, 6.45) is 1.24. The topological polar surface area (TPSA) is 76.9 Å². The molecule has 1 amide bonds. The van der Waals surface area contributed by atoms with Crippen LogP contribution < -0.4 is 10.7 Å². The zero-order chi connectivity index (χ0) is 18.3. The van der Waals surface area contributed by atoms with Crippen LogP contribution >= 0.6 is 11.3 Å². The Morgan fingerprint density at radius 1 is 1.23 bits per heavy atom. The van der Waals surface area contributed by atoms with E-state index in [1.54, 1.807) is 18.2 Å². The molecule has 0 saturated heterocycles. The number of carbonyl (C=O) groups excluding carboxylic acids is 1. The predicted molar refractivity (Wildman–Crippen MR) is 104 cm³/mol. The van der Waals surface area contributed by atoms with Crippen molar-refractivity contribution in [2.45, 2.75) is 20.4 Å². The Morgan fingerprint density at radius 3 is 2.88 bits per heavy atom. The maximum Gasteiger partial charge on any atom is 0.247 e. The number of para-hydroxylation sites is 1. The van der Waals surface area contributed by atoms with E-state index in [2.05, 4.69) is 27.5 Å². The van der Waals surface area contributed by atoms with Crippen molar-refractivity contribution in [1.29, 1.82) is 0 Å². The van der Waals surface area contributed by atoms with Gasteiger partial charge < -0.3 is 5.32 Å². The zero-order valence-electron chi connectivity index (χ0n) is 14.3. The largest absolute Gasteiger partial charge is 0.300 e. The molecule has 0 saturated carbocycles. The maximum atomic E-state index is 12.5. The van der Waals surface area contributed by atoms with Crippen LogP contribution in [0.2, 0.25) is 0 Å². The minimum Gasteiger partial charge on any atom is -0.300 e. The summed E-state index contributed by atoms with van der Waals surface area (Å²) >= 11 is 1.45. The number of thiazole rings is 1. The van der Waals surface area contributed by atoms with Gasteiger partial charge in [-0.1, -0.05) is 29.5 Å². The molecule has 130 valence electrons. The monoisotopic (exact) mass is 364 g/mol. The fourth-order valence-electron chi connectivity index (χ4n) is 3.01. The molecule has 0 aliphatic carbocycles. The zero-order valence-corrected chi connectivity index (χ0v) is 15.1. The molecule has 0 aliphatic rings. The average Bonchev–Trinajstić information content (AvgIpc) is 3.00. The maximum absolute atomic E-state index is 12.5. The number of nitrogens with one attached hydrogen (secondary N) is 1. The van der Waals surface area contributed by atoms with Gasteiger partial charge in [-0.15, -0.1) is 0 Å². The molecule has 4 aromatic rings. The third-order valence-electron chi connectivity index (χ3n) is 4.13. The van der Waals surface area contributed by atoms with E-state index >= 15 is 0 Å². The Bertz CT molecular complexity index is 1210. The third-order valence-corrected chi connectivity index (χ3v) is 5.05. The van der Waals surface area contributed by atoms with Gasteiger partial charge in [0.15, 0.2) is 5.13 Å². The van der Waals surface area contributed by atoms with Crippen LogP contribution in [0.3, 0.4) is 0 Å². The second-order valence-corrected chi connectivity index (χ2v) is 7.21. The minimum atomic E-state index is -0.236. The normalized spacial score (nSPS) is 11.2. The number of hydrogen-bond acceptors (Lipinski definition) is 5. The number of aromatic nitrogens is 3. The molecule has 2 heterocycles. The molecule has 7 heteroatoms. The first-order valence-electron chi connectivity index (χ1n) is 8.14. The average molecular weight is 364 g/mol. The number of nitrogens with zero attached hydrogens (tertiary/aromatic N) is 3. The van der Waals surface area contributed by atoms with Crippen LogP contribution in [0.4, 0.5) is 5.13 Å². The van der Waals surface area contributed by atoms with Crippen LogP contribution in [0.5, 0.6) is 0 Å². The van der Waals surface area contributed by atoms with Crippen LogP contribution in [0.15, 0.2) is 47.4 Å². The van der Waals surface area contributed by atoms with Gasteiger partial charge in [0.1, 0.15) is 6.54 Å². The first kappa shape index (κ1) is 16.4. The van der Waals surface area contributed by atoms with Gasteiger partial charge in [-0.25, -0.2) is 4.98 Å². The number of rotatable bonds is 3. The number of carbonyl (C=O) groups is 1. The van der Waals surface area contributed by atoms with Crippen LogP contribution in [0.1, 0.15) is 11.1 Å². The molecule has 0 atom stereocenters. The van der Waals surface area contributed by atoms with Crippen LogP contribution in [0.25, 0.3) is 21.1 Å². The Labute approximate surface area is 153 Å². The highest BCUT2D eigenvalue weighted by molar-refractivity contribution is 7.22. The van der Waals surface area contributed by atoms with E-state index in [-0.39, 0.29) is 17.9 Å². The van der Waals surface area contributed by atoms with Gasteiger partial charge in [0, 0.05) is 5.39 Å². The summed E-state index contributed by atoms with van der Waals surface area (Å²) in [7, 11) is 0. The molecule has 0 unspecified atom stereocenters. The highest BCUT2D eigenvalue weighted by atomic mass is 32.1. The number of aryl methyl sites for hydroxylation is 2. The van der Waals surface area contributed by atoms with Crippen molar-refractivity contribution in [3.05, 3.63) is 63.9 Å². The van der Waals surface area contributed by atoms with Crippen molar-refractivity contribution in [3.63, 3.8) is 0 Å². The van der Waals surface area contributed by atoms with E-state index in [1.807, 2.05) is 19.9 Å². The standard InChI is InChI=1S/C19H16N4O2S/c1-11-7-12(2)18-16(8-11)26-19(22-18)21-17(25)10-23-14-6-4-3-5-13(14)15(24)9-20-23/h3-9H,10H2,1-2H3,(H,21,22,25). The van der Waals surface area contributed by atoms with Gasteiger partial charge in [0.05, 0.1) is 21.9 Å². The Hall–Kier alpha value is -3.06. The Morgan fingerprint density at radius 2 is 2.04 bits per heavy atom.